The van der Waals surface area contributed by atoms with Gasteiger partial charge in [-0.2, -0.15) is 0 Å². The molecule has 1 aliphatic rings. The first-order valence-corrected chi connectivity index (χ1v) is 5.93. The van der Waals surface area contributed by atoms with Crippen LogP contribution in [-0.2, 0) is 4.79 Å². The van der Waals surface area contributed by atoms with E-state index in [1.54, 1.807) is 0 Å². The first-order valence-electron chi connectivity index (χ1n) is 4.40. The van der Waals surface area contributed by atoms with Crippen molar-refractivity contribution < 1.29 is 4.79 Å². The molecule has 1 nitrogen and oxygen atoms in total. The number of hydrogen-bond acceptors (Lipinski definition) is 1. The third kappa shape index (κ3) is 3.54. The topological polar surface area (TPSA) is 17.1 Å². The molecule has 0 heterocycles. The fraction of sp³-hybridized carbons (Fsp3) is 0.889. The average Bonchev–Trinajstić information content (AvgIpc) is 2.37. The molecule has 0 aromatic heterocycles. The van der Waals surface area contributed by atoms with Crippen molar-refractivity contribution in [3.63, 3.8) is 0 Å². The van der Waals surface area contributed by atoms with E-state index in [0.29, 0.717) is 5.78 Å². The summed E-state index contributed by atoms with van der Waals surface area (Å²) in [6.45, 7) is 0. The van der Waals surface area contributed by atoms with E-state index in [2.05, 4.69) is 22.6 Å². The summed E-state index contributed by atoms with van der Waals surface area (Å²) in [5.41, 5.74) is 0. The number of hydrogen-bond donors (Lipinski definition) is 0. The number of alkyl halides is 1. The smallest absolute Gasteiger partial charge is 0.133 e. The highest BCUT2D eigenvalue weighted by Crippen LogP contribution is 2.26. The van der Waals surface area contributed by atoms with Crippen LogP contribution < -0.4 is 0 Å². The van der Waals surface area contributed by atoms with Crippen molar-refractivity contribution in [1.82, 2.24) is 0 Å². The third-order valence-corrected chi connectivity index (χ3v) is 3.11. The van der Waals surface area contributed by atoms with Gasteiger partial charge in [-0.25, -0.2) is 0 Å². The van der Waals surface area contributed by atoms with Crippen molar-refractivity contribution >= 4 is 28.4 Å². The summed E-state index contributed by atoms with van der Waals surface area (Å²) in [7, 11) is 0. The Hall–Kier alpha value is 0.400. The molecule has 0 radical (unpaired) electrons. The summed E-state index contributed by atoms with van der Waals surface area (Å²) in [6.07, 6.45) is 6.83. The zero-order chi connectivity index (χ0) is 8.10. The maximum Gasteiger partial charge on any atom is 0.133 e. The number of halogens is 1. The Morgan fingerprint density at radius 3 is 2.82 bits per heavy atom. The molecule has 1 saturated carbocycles. The van der Waals surface area contributed by atoms with Gasteiger partial charge in [0.15, 0.2) is 0 Å². The molecule has 0 aromatic rings. The van der Waals surface area contributed by atoms with Crippen LogP contribution in [0.15, 0.2) is 0 Å². The monoisotopic (exact) mass is 266 g/mol. The number of carbonyl (C=O) groups excluding carboxylic acids is 1. The molecule has 0 spiro atoms. The lowest BCUT2D eigenvalue weighted by molar-refractivity contribution is -0.117. The largest absolute Gasteiger partial charge is 0.300 e. The second-order valence-corrected chi connectivity index (χ2v) is 4.41. The Balaban J connectivity index is 2.04. The Kier molecular flexibility index (Phi) is 4.41. The summed E-state index contributed by atoms with van der Waals surface area (Å²) in [5, 5.41) is 0. The first kappa shape index (κ1) is 9.49. The highest BCUT2D eigenvalue weighted by Gasteiger charge is 2.20. The van der Waals surface area contributed by atoms with E-state index in [-0.39, 0.29) is 0 Å². The number of carbonyl (C=O) groups is 1. The SMILES string of the molecule is O=C1CCC(CCCCI)C1. The molecule has 1 fully saturated rings. The molecule has 11 heavy (non-hydrogen) atoms. The van der Waals surface area contributed by atoms with Crippen LogP contribution in [0.3, 0.4) is 0 Å². The van der Waals surface area contributed by atoms with Crippen molar-refractivity contribution in [2.45, 2.75) is 38.5 Å². The normalized spacial score (nSPS) is 24.5. The van der Waals surface area contributed by atoms with E-state index in [1.165, 1.54) is 30.1 Å². The highest BCUT2D eigenvalue weighted by molar-refractivity contribution is 14.1. The molecular formula is C9H15IO. The minimum Gasteiger partial charge on any atom is -0.300 e. The minimum absolute atomic E-state index is 0.490. The quantitative estimate of drug-likeness (QED) is 0.434. The van der Waals surface area contributed by atoms with Gasteiger partial charge < -0.3 is 0 Å². The summed E-state index contributed by atoms with van der Waals surface area (Å²) in [6, 6.07) is 0. The molecule has 1 aliphatic carbocycles. The summed E-state index contributed by atoms with van der Waals surface area (Å²) >= 11 is 2.41. The number of rotatable bonds is 4. The lowest BCUT2D eigenvalue weighted by Gasteiger charge is -2.05. The summed E-state index contributed by atoms with van der Waals surface area (Å²) in [4.78, 5) is 10.9. The van der Waals surface area contributed by atoms with Crippen molar-refractivity contribution in [3.8, 4) is 0 Å². The maximum atomic E-state index is 10.9. The molecular weight excluding hydrogens is 251 g/mol. The standard InChI is InChI=1S/C9H15IO/c10-6-2-1-3-8-4-5-9(11)7-8/h8H,1-7H2. The van der Waals surface area contributed by atoms with Crippen LogP contribution in [0, 0.1) is 5.92 Å². The molecule has 1 unspecified atom stereocenters. The van der Waals surface area contributed by atoms with Crippen LogP contribution in [0.5, 0.6) is 0 Å². The fourth-order valence-electron chi connectivity index (χ4n) is 1.67. The average molecular weight is 266 g/mol. The van der Waals surface area contributed by atoms with Crippen molar-refractivity contribution in [1.29, 1.82) is 0 Å². The highest BCUT2D eigenvalue weighted by atomic mass is 127. The van der Waals surface area contributed by atoms with Crippen molar-refractivity contribution in [3.05, 3.63) is 0 Å². The van der Waals surface area contributed by atoms with Crippen LogP contribution in [0.1, 0.15) is 38.5 Å². The fourth-order valence-corrected chi connectivity index (χ4v) is 2.20. The van der Waals surface area contributed by atoms with Crippen LogP contribution in [0.2, 0.25) is 0 Å². The summed E-state index contributed by atoms with van der Waals surface area (Å²) < 4.78 is 1.26. The van der Waals surface area contributed by atoms with Gasteiger partial charge in [-0.05, 0) is 29.6 Å². The van der Waals surface area contributed by atoms with Gasteiger partial charge in [-0.3, -0.25) is 4.79 Å². The van der Waals surface area contributed by atoms with Gasteiger partial charge in [-0.1, -0.05) is 29.0 Å². The van der Waals surface area contributed by atoms with Crippen LogP contribution >= 0.6 is 22.6 Å². The zero-order valence-corrected chi connectivity index (χ0v) is 8.97. The minimum atomic E-state index is 0.490. The van der Waals surface area contributed by atoms with Crippen LogP contribution in [0.25, 0.3) is 0 Å². The summed E-state index contributed by atoms with van der Waals surface area (Å²) in [5.74, 6) is 1.23. The predicted molar refractivity (Wildman–Crippen MR) is 55.1 cm³/mol. The predicted octanol–water partition coefficient (Wildman–Crippen LogP) is 2.96. The van der Waals surface area contributed by atoms with Crippen LogP contribution in [-0.4, -0.2) is 10.2 Å². The number of ketones is 1. The van der Waals surface area contributed by atoms with Crippen molar-refractivity contribution in [2.24, 2.45) is 5.92 Å². The van der Waals surface area contributed by atoms with Crippen LogP contribution in [0.4, 0.5) is 0 Å². The van der Waals surface area contributed by atoms with E-state index in [0.717, 1.165) is 18.8 Å². The van der Waals surface area contributed by atoms with Gasteiger partial charge in [0.25, 0.3) is 0 Å². The van der Waals surface area contributed by atoms with Gasteiger partial charge in [-0.15, -0.1) is 0 Å². The molecule has 1 atom stereocenters. The molecule has 2 heteroatoms. The molecule has 0 bridgehead atoms. The molecule has 0 amide bonds. The van der Waals surface area contributed by atoms with Gasteiger partial charge in [0, 0.05) is 12.8 Å². The molecule has 64 valence electrons. The second kappa shape index (κ2) is 5.12. The number of Topliss-reactive ketones (excluding diaryl/α,β-unsaturated/α-hetero) is 1. The van der Waals surface area contributed by atoms with E-state index >= 15 is 0 Å². The Labute approximate surface area is 82.1 Å². The second-order valence-electron chi connectivity index (χ2n) is 3.33. The lowest BCUT2D eigenvalue weighted by Crippen LogP contribution is -1.95. The Morgan fingerprint density at radius 1 is 1.45 bits per heavy atom. The van der Waals surface area contributed by atoms with E-state index in [4.69, 9.17) is 0 Å². The van der Waals surface area contributed by atoms with E-state index in [1.807, 2.05) is 0 Å². The van der Waals surface area contributed by atoms with Gasteiger partial charge in [0.05, 0.1) is 0 Å². The molecule has 0 saturated heterocycles. The van der Waals surface area contributed by atoms with Gasteiger partial charge >= 0.3 is 0 Å². The molecule has 0 N–H and O–H groups in total. The zero-order valence-electron chi connectivity index (χ0n) is 6.81. The maximum absolute atomic E-state index is 10.9. The molecule has 1 rings (SSSR count). The van der Waals surface area contributed by atoms with Crippen molar-refractivity contribution in [2.75, 3.05) is 4.43 Å². The van der Waals surface area contributed by atoms with E-state index in [9.17, 15) is 4.79 Å². The van der Waals surface area contributed by atoms with Gasteiger partial charge in [0.1, 0.15) is 5.78 Å². The molecule has 0 aromatic carbocycles. The third-order valence-electron chi connectivity index (χ3n) is 2.34. The molecule has 0 aliphatic heterocycles. The Bertz CT molecular complexity index is 134. The Morgan fingerprint density at radius 2 is 2.27 bits per heavy atom. The lowest BCUT2D eigenvalue weighted by atomic mass is 10.0. The van der Waals surface area contributed by atoms with Gasteiger partial charge in [0.2, 0.25) is 0 Å². The number of unbranched alkanes of at least 4 members (excludes halogenated alkanes) is 1. The van der Waals surface area contributed by atoms with E-state index < -0.39 is 0 Å². The first-order chi connectivity index (χ1) is 5.33.